The molecule has 1 N–H and O–H groups in total. The minimum atomic E-state index is -0.204. The fourth-order valence-corrected chi connectivity index (χ4v) is 2.74. The topological polar surface area (TPSA) is 40.6 Å². The first-order valence-electron chi connectivity index (χ1n) is 7.31. The van der Waals surface area contributed by atoms with Gasteiger partial charge in [0.1, 0.15) is 11.9 Å². The molecule has 0 saturated carbocycles. The zero-order chi connectivity index (χ0) is 14.8. The summed E-state index contributed by atoms with van der Waals surface area (Å²) < 4.78 is 13.2. The lowest BCUT2D eigenvalue weighted by Gasteiger charge is -2.18. The Labute approximate surface area is 123 Å². The molecule has 0 aliphatic carbocycles. The van der Waals surface area contributed by atoms with E-state index in [-0.39, 0.29) is 11.9 Å². The number of H-pyrrole nitrogens is 1. The van der Waals surface area contributed by atoms with Crippen LogP contribution >= 0.6 is 0 Å². The SMILES string of the molecule is CCC1=NOC(CN(C)Cc2cc3cc(F)ccc3[nH]2)C1. The molecule has 2 heterocycles. The summed E-state index contributed by atoms with van der Waals surface area (Å²) in [4.78, 5) is 10.9. The van der Waals surface area contributed by atoms with Crippen molar-refractivity contribution >= 4 is 16.6 Å². The number of rotatable bonds is 5. The van der Waals surface area contributed by atoms with Crippen molar-refractivity contribution in [1.29, 1.82) is 0 Å². The Kier molecular flexibility index (Phi) is 3.92. The number of benzene rings is 1. The molecule has 3 rings (SSSR count). The standard InChI is InChI=1S/C16H20FN3O/c1-3-13-8-15(21-19-13)10-20(2)9-14-7-11-6-12(17)4-5-16(11)18-14/h4-7,15,18H,3,8-10H2,1-2H3. The Balaban J connectivity index is 1.60. The summed E-state index contributed by atoms with van der Waals surface area (Å²) >= 11 is 0. The van der Waals surface area contributed by atoms with Gasteiger partial charge in [-0.3, -0.25) is 4.90 Å². The molecule has 0 saturated heterocycles. The largest absolute Gasteiger partial charge is 0.391 e. The Bertz CT molecular complexity index is 665. The molecule has 2 aromatic rings. The van der Waals surface area contributed by atoms with E-state index in [0.717, 1.165) is 48.2 Å². The van der Waals surface area contributed by atoms with E-state index in [1.54, 1.807) is 12.1 Å². The summed E-state index contributed by atoms with van der Waals surface area (Å²) in [5.74, 6) is -0.204. The Morgan fingerprint density at radius 2 is 2.29 bits per heavy atom. The van der Waals surface area contributed by atoms with Crippen molar-refractivity contribution < 1.29 is 9.23 Å². The second-order valence-electron chi connectivity index (χ2n) is 5.67. The lowest BCUT2D eigenvalue weighted by Crippen LogP contribution is -2.29. The van der Waals surface area contributed by atoms with Crippen molar-refractivity contribution in [3.63, 3.8) is 0 Å². The van der Waals surface area contributed by atoms with Gasteiger partial charge in [0.25, 0.3) is 0 Å². The maximum absolute atomic E-state index is 13.2. The van der Waals surface area contributed by atoms with Gasteiger partial charge in [-0.05, 0) is 37.7 Å². The summed E-state index contributed by atoms with van der Waals surface area (Å²) in [6.07, 6.45) is 2.01. The third-order valence-corrected chi connectivity index (χ3v) is 3.80. The molecule has 1 aromatic carbocycles. The molecule has 1 aromatic heterocycles. The summed E-state index contributed by atoms with van der Waals surface area (Å²) in [6.45, 7) is 3.70. The van der Waals surface area contributed by atoms with E-state index in [1.807, 2.05) is 6.07 Å². The fourth-order valence-electron chi connectivity index (χ4n) is 2.74. The fraction of sp³-hybridized carbons (Fsp3) is 0.438. The molecule has 5 heteroatoms. The second-order valence-corrected chi connectivity index (χ2v) is 5.67. The predicted molar refractivity (Wildman–Crippen MR) is 81.8 cm³/mol. The molecule has 0 radical (unpaired) electrons. The first-order chi connectivity index (χ1) is 10.1. The van der Waals surface area contributed by atoms with Gasteiger partial charge in [0.15, 0.2) is 0 Å². The van der Waals surface area contributed by atoms with E-state index < -0.39 is 0 Å². The van der Waals surface area contributed by atoms with Crippen LogP contribution in [0.1, 0.15) is 25.5 Å². The average Bonchev–Trinajstić information content (AvgIpc) is 3.04. The number of aromatic nitrogens is 1. The maximum Gasteiger partial charge on any atom is 0.145 e. The summed E-state index contributed by atoms with van der Waals surface area (Å²) in [7, 11) is 2.05. The van der Waals surface area contributed by atoms with Gasteiger partial charge in [-0.2, -0.15) is 0 Å². The predicted octanol–water partition coefficient (Wildman–Crippen LogP) is 3.29. The highest BCUT2D eigenvalue weighted by atomic mass is 19.1. The molecule has 0 bridgehead atoms. The third-order valence-electron chi connectivity index (χ3n) is 3.80. The molecule has 21 heavy (non-hydrogen) atoms. The molecule has 112 valence electrons. The van der Waals surface area contributed by atoms with Crippen molar-refractivity contribution in [3.8, 4) is 0 Å². The highest BCUT2D eigenvalue weighted by Gasteiger charge is 2.21. The molecule has 1 aliphatic rings. The van der Waals surface area contributed by atoms with Crippen molar-refractivity contribution in [3.05, 3.63) is 35.8 Å². The Hall–Kier alpha value is -1.88. The Morgan fingerprint density at radius 3 is 3.05 bits per heavy atom. The van der Waals surface area contributed by atoms with Gasteiger partial charge in [-0.25, -0.2) is 4.39 Å². The summed E-state index contributed by atoms with van der Waals surface area (Å²) in [5, 5.41) is 4.99. The first kappa shape index (κ1) is 14.1. The van der Waals surface area contributed by atoms with Gasteiger partial charge >= 0.3 is 0 Å². The maximum atomic E-state index is 13.2. The highest BCUT2D eigenvalue weighted by Crippen LogP contribution is 2.18. The van der Waals surface area contributed by atoms with Crippen LogP contribution in [0.5, 0.6) is 0 Å². The van der Waals surface area contributed by atoms with Gasteiger partial charge < -0.3 is 9.82 Å². The van der Waals surface area contributed by atoms with Crippen LogP contribution in [0, 0.1) is 5.82 Å². The van der Waals surface area contributed by atoms with Crippen LogP contribution in [0.4, 0.5) is 4.39 Å². The number of hydrogen-bond acceptors (Lipinski definition) is 3. The third kappa shape index (κ3) is 3.24. The molecule has 1 unspecified atom stereocenters. The van der Waals surface area contributed by atoms with Crippen molar-refractivity contribution in [2.45, 2.75) is 32.4 Å². The highest BCUT2D eigenvalue weighted by molar-refractivity contribution is 5.85. The van der Waals surface area contributed by atoms with Crippen LogP contribution < -0.4 is 0 Å². The van der Waals surface area contributed by atoms with E-state index in [1.165, 1.54) is 6.07 Å². The normalized spacial score (nSPS) is 18.3. The van der Waals surface area contributed by atoms with E-state index >= 15 is 0 Å². The van der Waals surface area contributed by atoms with E-state index in [2.05, 4.69) is 29.0 Å². The number of aromatic amines is 1. The molecule has 1 aliphatic heterocycles. The molecular weight excluding hydrogens is 269 g/mol. The zero-order valence-electron chi connectivity index (χ0n) is 12.4. The van der Waals surface area contributed by atoms with Crippen LogP contribution in [-0.2, 0) is 11.4 Å². The molecular formula is C16H20FN3O. The Morgan fingerprint density at radius 1 is 1.43 bits per heavy atom. The van der Waals surface area contributed by atoms with Crippen LogP contribution in [0.15, 0.2) is 29.4 Å². The summed E-state index contributed by atoms with van der Waals surface area (Å²) in [5.41, 5.74) is 3.18. The summed E-state index contributed by atoms with van der Waals surface area (Å²) in [6, 6.07) is 6.80. The van der Waals surface area contributed by atoms with Crippen molar-refractivity contribution in [2.75, 3.05) is 13.6 Å². The van der Waals surface area contributed by atoms with E-state index in [0.29, 0.717) is 0 Å². The zero-order valence-corrected chi connectivity index (χ0v) is 12.4. The molecule has 1 atom stereocenters. The second kappa shape index (κ2) is 5.85. The van der Waals surface area contributed by atoms with Gasteiger partial charge in [0.05, 0.1) is 5.71 Å². The van der Waals surface area contributed by atoms with E-state index in [9.17, 15) is 4.39 Å². The van der Waals surface area contributed by atoms with Gasteiger partial charge in [-0.15, -0.1) is 0 Å². The van der Waals surface area contributed by atoms with Crippen molar-refractivity contribution in [2.24, 2.45) is 5.16 Å². The van der Waals surface area contributed by atoms with Crippen LogP contribution in [0.2, 0.25) is 0 Å². The minimum absolute atomic E-state index is 0.145. The minimum Gasteiger partial charge on any atom is -0.391 e. The molecule has 4 nitrogen and oxygen atoms in total. The number of nitrogens with one attached hydrogen (secondary N) is 1. The van der Waals surface area contributed by atoms with Crippen LogP contribution in [-0.4, -0.2) is 35.3 Å². The van der Waals surface area contributed by atoms with Crippen molar-refractivity contribution in [1.82, 2.24) is 9.88 Å². The number of halogens is 1. The average molecular weight is 289 g/mol. The number of fused-ring (bicyclic) bond motifs is 1. The molecule has 0 spiro atoms. The van der Waals surface area contributed by atoms with Crippen LogP contribution in [0.3, 0.4) is 0 Å². The molecule has 0 amide bonds. The number of hydrogen-bond donors (Lipinski definition) is 1. The number of oxime groups is 1. The van der Waals surface area contributed by atoms with E-state index in [4.69, 9.17) is 4.84 Å². The smallest absolute Gasteiger partial charge is 0.145 e. The van der Waals surface area contributed by atoms with Gasteiger partial charge in [0, 0.05) is 36.1 Å². The first-order valence-corrected chi connectivity index (χ1v) is 7.31. The number of nitrogens with zero attached hydrogens (tertiary/aromatic N) is 2. The lowest BCUT2D eigenvalue weighted by atomic mass is 10.1. The molecule has 0 fully saturated rings. The monoisotopic (exact) mass is 289 g/mol. The van der Waals surface area contributed by atoms with Crippen LogP contribution in [0.25, 0.3) is 10.9 Å². The van der Waals surface area contributed by atoms with Gasteiger partial charge in [0.2, 0.25) is 0 Å². The van der Waals surface area contributed by atoms with Gasteiger partial charge in [-0.1, -0.05) is 12.1 Å². The quantitative estimate of drug-likeness (QED) is 0.917. The number of likely N-dealkylation sites (N-methyl/N-ethyl adjacent to an activating group) is 1. The lowest BCUT2D eigenvalue weighted by molar-refractivity contribution is 0.0574.